The molecule has 27 heavy (non-hydrogen) atoms. The van der Waals surface area contributed by atoms with Gasteiger partial charge in [0, 0.05) is 21.8 Å². The molecule has 0 bridgehead atoms. The summed E-state index contributed by atoms with van der Waals surface area (Å²) in [5.41, 5.74) is -1.30. The van der Waals surface area contributed by atoms with Crippen molar-refractivity contribution in [2.24, 2.45) is 0 Å². The first kappa shape index (κ1) is 19.4. The minimum absolute atomic E-state index is 0.00415. The first-order valence-electron chi connectivity index (χ1n) is 7.31. The van der Waals surface area contributed by atoms with Crippen LogP contribution in [0.3, 0.4) is 0 Å². The fourth-order valence-electron chi connectivity index (χ4n) is 2.53. The van der Waals surface area contributed by atoms with Crippen molar-refractivity contribution in [3.05, 3.63) is 63.2 Å². The summed E-state index contributed by atoms with van der Waals surface area (Å²) >= 11 is 11.7. The van der Waals surface area contributed by atoms with E-state index in [-0.39, 0.29) is 38.4 Å². The van der Waals surface area contributed by atoms with Crippen LogP contribution in [0.2, 0.25) is 10.0 Å². The van der Waals surface area contributed by atoms with Crippen molar-refractivity contribution in [2.45, 2.75) is 18.7 Å². The molecule has 2 aromatic rings. The fourth-order valence-corrected chi connectivity index (χ4v) is 3.05. The number of alkyl halides is 3. The number of carbonyl (C=O) groups is 1. The van der Waals surface area contributed by atoms with E-state index in [1.165, 1.54) is 13.0 Å². The summed E-state index contributed by atoms with van der Waals surface area (Å²) in [6, 6.07) is 3.46. The predicted octanol–water partition coefficient (Wildman–Crippen LogP) is 4.12. The van der Waals surface area contributed by atoms with E-state index in [9.17, 15) is 18.0 Å². The van der Waals surface area contributed by atoms with Crippen LogP contribution in [0.5, 0.6) is 0 Å². The fraction of sp³-hybridized carbons (Fsp3) is 0.188. The number of hydrogen-bond donors (Lipinski definition) is 2. The third kappa shape index (κ3) is 3.45. The van der Waals surface area contributed by atoms with Crippen LogP contribution in [-0.4, -0.2) is 27.2 Å². The van der Waals surface area contributed by atoms with Crippen molar-refractivity contribution >= 4 is 34.9 Å². The van der Waals surface area contributed by atoms with E-state index in [0.717, 1.165) is 24.4 Å². The lowest BCUT2D eigenvalue weighted by atomic mass is 9.92. The molecule has 1 aromatic carbocycles. The molecule has 1 unspecified atom stereocenters. The highest BCUT2D eigenvalue weighted by molar-refractivity contribution is 6.34. The van der Waals surface area contributed by atoms with Gasteiger partial charge in [-0.15, -0.1) is 0 Å². The first-order valence-corrected chi connectivity index (χ1v) is 8.06. The number of nitrogens with one attached hydrogen (secondary N) is 1. The molecule has 142 valence electrons. The number of nitrogens with zero attached hydrogens (tertiary/aromatic N) is 2. The van der Waals surface area contributed by atoms with E-state index in [0.29, 0.717) is 0 Å². The Morgan fingerprint density at radius 1 is 1.26 bits per heavy atom. The number of halogens is 5. The van der Waals surface area contributed by atoms with E-state index in [4.69, 9.17) is 33.1 Å². The molecular formula is C16H10Cl2F3N3O3. The average molecular weight is 420 g/mol. The van der Waals surface area contributed by atoms with E-state index < -0.39 is 17.7 Å². The summed E-state index contributed by atoms with van der Waals surface area (Å²) in [5, 5.41) is 9.01. The van der Waals surface area contributed by atoms with Gasteiger partial charge in [-0.05, 0) is 31.2 Å². The normalized spacial score (nSPS) is 19.6. The Labute approximate surface area is 160 Å². The number of hydroxylamine groups is 1. The molecule has 1 aliphatic heterocycles. The summed E-state index contributed by atoms with van der Waals surface area (Å²) in [6.07, 6.45) is -3.11. The molecule has 0 aliphatic carbocycles. The topological polar surface area (TPSA) is 84.3 Å². The highest BCUT2D eigenvalue weighted by atomic mass is 35.5. The first-order chi connectivity index (χ1) is 12.5. The van der Waals surface area contributed by atoms with Gasteiger partial charge in [0.15, 0.2) is 5.82 Å². The van der Waals surface area contributed by atoms with Crippen LogP contribution < -0.4 is 5.48 Å². The standard InChI is InChI=1S/C16H10Cl2F3N3O3/c1-7-11(14(25)26)6-22-13(23-7)12-5-15(27-24-12,16(19,20)21)8-2-9(17)4-10(18)3-8/h2-6,24H,1H3,(H,25,26). The Kier molecular flexibility index (Phi) is 4.79. The lowest BCUT2D eigenvalue weighted by molar-refractivity contribution is -0.269. The van der Waals surface area contributed by atoms with Crippen LogP contribution in [0.4, 0.5) is 13.2 Å². The third-order valence-corrected chi connectivity index (χ3v) is 4.27. The molecule has 1 atom stereocenters. The number of aromatic carboxylic acids is 1. The maximum Gasteiger partial charge on any atom is 0.428 e. The van der Waals surface area contributed by atoms with Crippen LogP contribution in [0, 0.1) is 6.92 Å². The second kappa shape index (κ2) is 6.66. The molecule has 0 fully saturated rings. The van der Waals surface area contributed by atoms with E-state index >= 15 is 0 Å². The molecule has 0 saturated carbocycles. The zero-order valence-corrected chi connectivity index (χ0v) is 14.9. The summed E-state index contributed by atoms with van der Waals surface area (Å²) in [6.45, 7) is 1.40. The number of benzene rings is 1. The third-order valence-electron chi connectivity index (χ3n) is 3.83. The minimum atomic E-state index is -4.87. The van der Waals surface area contributed by atoms with Gasteiger partial charge in [0.05, 0.1) is 11.3 Å². The Balaban J connectivity index is 2.12. The largest absolute Gasteiger partial charge is 0.478 e. The SMILES string of the molecule is Cc1nc(C2=CC(c3cc(Cl)cc(Cl)c3)(C(F)(F)F)ON2)ncc1C(=O)O. The van der Waals surface area contributed by atoms with Gasteiger partial charge in [-0.1, -0.05) is 23.2 Å². The molecule has 6 nitrogen and oxygen atoms in total. The minimum Gasteiger partial charge on any atom is -0.478 e. The van der Waals surface area contributed by atoms with Crippen molar-refractivity contribution in [1.29, 1.82) is 0 Å². The van der Waals surface area contributed by atoms with E-state index in [2.05, 4.69) is 15.4 Å². The highest BCUT2D eigenvalue weighted by Crippen LogP contribution is 2.48. The second-order valence-electron chi connectivity index (χ2n) is 5.65. The van der Waals surface area contributed by atoms with Crippen LogP contribution in [0.15, 0.2) is 30.5 Å². The zero-order valence-electron chi connectivity index (χ0n) is 13.4. The highest BCUT2D eigenvalue weighted by Gasteiger charge is 2.60. The van der Waals surface area contributed by atoms with Gasteiger partial charge < -0.3 is 5.11 Å². The molecular weight excluding hydrogens is 410 g/mol. The molecule has 2 heterocycles. The summed E-state index contributed by atoms with van der Waals surface area (Å²) < 4.78 is 41.7. The van der Waals surface area contributed by atoms with Crippen molar-refractivity contribution in [1.82, 2.24) is 15.4 Å². The molecule has 2 N–H and O–H groups in total. The maximum absolute atomic E-state index is 13.9. The van der Waals surface area contributed by atoms with Gasteiger partial charge >= 0.3 is 12.1 Å². The van der Waals surface area contributed by atoms with Crippen LogP contribution >= 0.6 is 23.2 Å². The Morgan fingerprint density at radius 2 is 1.89 bits per heavy atom. The predicted molar refractivity (Wildman–Crippen MR) is 90.1 cm³/mol. The van der Waals surface area contributed by atoms with Gasteiger partial charge in [0.25, 0.3) is 0 Å². The smallest absolute Gasteiger partial charge is 0.428 e. The second-order valence-corrected chi connectivity index (χ2v) is 6.52. The van der Waals surface area contributed by atoms with Crippen molar-refractivity contribution in [2.75, 3.05) is 0 Å². The maximum atomic E-state index is 13.9. The summed E-state index contributed by atoms with van der Waals surface area (Å²) in [5.74, 6) is -1.40. The summed E-state index contributed by atoms with van der Waals surface area (Å²) in [4.78, 5) is 23.7. The monoisotopic (exact) mass is 419 g/mol. The van der Waals surface area contributed by atoms with Gasteiger partial charge in [-0.3, -0.25) is 10.3 Å². The Bertz CT molecular complexity index is 945. The van der Waals surface area contributed by atoms with E-state index in [1.54, 1.807) is 0 Å². The Hall–Kier alpha value is -2.36. The molecule has 1 aliphatic rings. The molecule has 1 aromatic heterocycles. The van der Waals surface area contributed by atoms with Crippen molar-refractivity contribution < 1.29 is 27.9 Å². The van der Waals surface area contributed by atoms with Gasteiger partial charge in [-0.25, -0.2) is 14.8 Å². The number of aromatic nitrogens is 2. The number of carboxylic acid groups (broad SMARTS) is 1. The summed E-state index contributed by atoms with van der Waals surface area (Å²) in [7, 11) is 0. The molecule has 0 saturated heterocycles. The zero-order chi connectivity index (χ0) is 20.0. The van der Waals surface area contributed by atoms with Gasteiger partial charge in [-0.2, -0.15) is 13.2 Å². The number of rotatable bonds is 3. The quantitative estimate of drug-likeness (QED) is 0.777. The molecule has 0 amide bonds. The lowest BCUT2D eigenvalue weighted by Crippen LogP contribution is -2.42. The molecule has 11 heteroatoms. The van der Waals surface area contributed by atoms with Crippen molar-refractivity contribution in [3.63, 3.8) is 0 Å². The number of hydrogen-bond acceptors (Lipinski definition) is 5. The van der Waals surface area contributed by atoms with Gasteiger partial charge in [0.2, 0.25) is 5.60 Å². The van der Waals surface area contributed by atoms with Crippen LogP contribution in [0.25, 0.3) is 5.70 Å². The molecule has 3 rings (SSSR count). The lowest BCUT2D eigenvalue weighted by Gasteiger charge is -2.28. The molecule has 0 spiro atoms. The average Bonchev–Trinajstić information content (AvgIpc) is 3.00. The number of aryl methyl sites for hydroxylation is 1. The van der Waals surface area contributed by atoms with Gasteiger partial charge in [0.1, 0.15) is 5.70 Å². The van der Waals surface area contributed by atoms with Crippen molar-refractivity contribution in [3.8, 4) is 0 Å². The van der Waals surface area contributed by atoms with Crippen LogP contribution in [-0.2, 0) is 10.4 Å². The number of carboxylic acids is 1. The van der Waals surface area contributed by atoms with E-state index in [1.807, 2.05) is 0 Å². The Morgan fingerprint density at radius 3 is 2.41 bits per heavy atom. The van der Waals surface area contributed by atoms with Crippen LogP contribution in [0.1, 0.15) is 27.4 Å². The molecule has 0 radical (unpaired) electrons.